The maximum absolute atomic E-state index is 12.9. The number of aromatic amines is 1. The Balaban J connectivity index is 1.87. The second kappa shape index (κ2) is 8.00. The Kier molecular flexibility index (Phi) is 5.82. The Morgan fingerprint density at radius 2 is 1.76 bits per heavy atom. The molecule has 0 aliphatic rings. The Labute approximate surface area is 171 Å². The van der Waals surface area contributed by atoms with Gasteiger partial charge in [-0.3, -0.25) is 4.79 Å². The van der Waals surface area contributed by atoms with Crippen molar-refractivity contribution >= 4 is 26.9 Å². The Morgan fingerprint density at radius 1 is 1.10 bits per heavy atom. The van der Waals surface area contributed by atoms with Gasteiger partial charge < -0.3 is 9.72 Å². The number of H-pyrrole nitrogens is 1. The van der Waals surface area contributed by atoms with Gasteiger partial charge in [0.2, 0.25) is 10.0 Å². The van der Waals surface area contributed by atoms with Crippen LogP contribution in [0.1, 0.15) is 31.9 Å². The lowest BCUT2D eigenvalue weighted by molar-refractivity contribution is -0.142. The molecule has 154 valence electrons. The third-order valence-corrected chi connectivity index (χ3v) is 6.40. The van der Waals surface area contributed by atoms with Crippen LogP contribution in [0, 0.1) is 0 Å². The molecule has 29 heavy (non-hydrogen) atoms. The van der Waals surface area contributed by atoms with E-state index in [0.29, 0.717) is 0 Å². The van der Waals surface area contributed by atoms with Crippen molar-refractivity contribution in [3.05, 3.63) is 65.9 Å². The molecule has 3 aromatic rings. The second-order valence-corrected chi connectivity index (χ2v) is 9.75. The summed E-state index contributed by atoms with van der Waals surface area (Å²) in [6.45, 7) is 6.18. The minimum absolute atomic E-state index is 0.0837. The van der Waals surface area contributed by atoms with Crippen molar-refractivity contribution in [2.45, 2.75) is 43.5 Å². The van der Waals surface area contributed by atoms with E-state index in [1.807, 2.05) is 24.3 Å². The molecule has 7 heteroatoms. The first kappa shape index (κ1) is 21.1. The minimum Gasteiger partial charge on any atom is -0.468 e. The number of aromatic nitrogens is 1. The maximum atomic E-state index is 12.9. The number of methoxy groups -OCH3 is 1. The van der Waals surface area contributed by atoms with Gasteiger partial charge in [-0.2, -0.15) is 4.72 Å². The number of hydrogen-bond donors (Lipinski definition) is 2. The lowest BCUT2D eigenvalue weighted by atomic mass is 9.87. The zero-order valence-corrected chi connectivity index (χ0v) is 17.8. The van der Waals surface area contributed by atoms with Crippen molar-refractivity contribution in [2.24, 2.45) is 0 Å². The predicted octanol–water partition coefficient (Wildman–Crippen LogP) is 3.53. The Bertz CT molecular complexity index is 1110. The fraction of sp³-hybridized carbons (Fsp3) is 0.318. The van der Waals surface area contributed by atoms with E-state index in [-0.39, 0.29) is 16.7 Å². The molecule has 0 aliphatic heterocycles. The topological polar surface area (TPSA) is 88.3 Å². The summed E-state index contributed by atoms with van der Waals surface area (Å²) in [5.74, 6) is -0.634. The van der Waals surface area contributed by atoms with Crippen LogP contribution in [0.3, 0.4) is 0 Å². The molecule has 2 N–H and O–H groups in total. The number of nitrogens with one attached hydrogen (secondary N) is 2. The maximum Gasteiger partial charge on any atom is 0.324 e. The molecule has 2 aromatic carbocycles. The molecule has 0 saturated carbocycles. The fourth-order valence-corrected chi connectivity index (χ4v) is 4.41. The lowest BCUT2D eigenvalue weighted by Gasteiger charge is -2.20. The van der Waals surface area contributed by atoms with E-state index in [2.05, 4.69) is 30.5 Å². The lowest BCUT2D eigenvalue weighted by Crippen LogP contribution is -2.42. The Morgan fingerprint density at radius 3 is 2.38 bits per heavy atom. The summed E-state index contributed by atoms with van der Waals surface area (Å²) in [5, 5.41) is 0.940. The normalized spacial score (nSPS) is 13.4. The molecule has 0 radical (unpaired) electrons. The van der Waals surface area contributed by atoms with Crippen LogP contribution in [0.4, 0.5) is 0 Å². The van der Waals surface area contributed by atoms with E-state index in [4.69, 9.17) is 4.74 Å². The van der Waals surface area contributed by atoms with Crippen LogP contribution in [0.15, 0.2) is 59.6 Å². The highest BCUT2D eigenvalue weighted by molar-refractivity contribution is 7.89. The van der Waals surface area contributed by atoms with Crippen molar-refractivity contribution in [1.29, 1.82) is 0 Å². The number of esters is 1. The number of carbonyl (C=O) groups is 1. The highest BCUT2D eigenvalue weighted by atomic mass is 32.2. The van der Waals surface area contributed by atoms with Gasteiger partial charge in [-0.25, -0.2) is 8.42 Å². The van der Waals surface area contributed by atoms with Gasteiger partial charge in [-0.05, 0) is 34.7 Å². The van der Waals surface area contributed by atoms with Crippen LogP contribution in [-0.4, -0.2) is 32.5 Å². The molecule has 0 bridgehead atoms. The van der Waals surface area contributed by atoms with Crippen molar-refractivity contribution < 1.29 is 17.9 Å². The first-order valence-corrected chi connectivity index (χ1v) is 10.9. The average molecular weight is 415 g/mol. The highest BCUT2D eigenvalue weighted by Gasteiger charge is 2.28. The molecule has 0 unspecified atom stereocenters. The van der Waals surface area contributed by atoms with Crippen molar-refractivity contribution in [2.75, 3.05) is 7.11 Å². The van der Waals surface area contributed by atoms with Gasteiger partial charge in [0, 0.05) is 23.5 Å². The summed E-state index contributed by atoms with van der Waals surface area (Å²) < 4.78 is 33.1. The number of sulfonamides is 1. The standard InChI is InChI=1S/C22H26N2O4S/c1-22(2,3)16-9-11-17(12-10-16)29(26,27)24-20(21(25)28-4)13-15-14-23-19-8-6-5-7-18(15)19/h5-12,14,20,23-24H,13H2,1-4H3/t20-/m1/s1. The van der Waals surface area contributed by atoms with E-state index in [1.165, 1.54) is 7.11 Å². The number of carbonyl (C=O) groups excluding carboxylic acids is 1. The largest absolute Gasteiger partial charge is 0.468 e. The zero-order valence-electron chi connectivity index (χ0n) is 17.0. The molecule has 0 aliphatic carbocycles. The van der Waals surface area contributed by atoms with Crippen LogP contribution in [0.2, 0.25) is 0 Å². The summed E-state index contributed by atoms with van der Waals surface area (Å²) in [6.07, 6.45) is 1.96. The third-order valence-electron chi connectivity index (χ3n) is 4.91. The van der Waals surface area contributed by atoms with Crippen LogP contribution >= 0.6 is 0 Å². The average Bonchev–Trinajstić information content (AvgIpc) is 3.09. The quantitative estimate of drug-likeness (QED) is 0.604. The second-order valence-electron chi connectivity index (χ2n) is 8.04. The Hall–Kier alpha value is -2.64. The van der Waals surface area contributed by atoms with Gasteiger partial charge in [0.05, 0.1) is 12.0 Å². The fourth-order valence-electron chi connectivity index (χ4n) is 3.23. The minimum atomic E-state index is -3.89. The van der Waals surface area contributed by atoms with Crippen molar-refractivity contribution in [3.63, 3.8) is 0 Å². The molecule has 1 heterocycles. The van der Waals surface area contributed by atoms with Crippen LogP contribution < -0.4 is 4.72 Å². The number of fused-ring (bicyclic) bond motifs is 1. The van der Waals surface area contributed by atoms with Gasteiger partial charge in [-0.1, -0.05) is 51.1 Å². The van der Waals surface area contributed by atoms with E-state index in [1.54, 1.807) is 30.5 Å². The first-order valence-electron chi connectivity index (χ1n) is 9.37. The number of benzene rings is 2. The summed E-state index contributed by atoms with van der Waals surface area (Å²) in [6, 6.07) is 13.3. The number of ether oxygens (including phenoxy) is 1. The molecule has 0 fully saturated rings. The van der Waals surface area contributed by atoms with Crippen molar-refractivity contribution in [1.82, 2.24) is 9.71 Å². The molecule has 1 atom stereocenters. The van der Waals surface area contributed by atoms with Gasteiger partial charge >= 0.3 is 5.97 Å². The summed E-state index contributed by atoms with van der Waals surface area (Å²) >= 11 is 0. The summed E-state index contributed by atoms with van der Waals surface area (Å²) in [4.78, 5) is 15.6. The molecule has 6 nitrogen and oxygen atoms in total. The predicted molar refractivity (Wildman–Crippen MR) is 113 cm³/mol. The molecule has 0 spiro atoms. The molecular weight excluding hydrogens is 388 g/mol. The zero-order chi connectivity index (χ0) is 21.2. The van der Waals surface area contributed by atoms with Gasteiger partial charge in [0.15, 0.2) is 0 Å². The summed E-state index contributed by atoms with van der Waals surface area (Å²) in [5.41, 5.74) is 2.70. The molecule has 1 aromatic heterocycles. The summed E-state index contributed by atoms with van der Waals surface area (Å²) in [7, 11) is -2.65. The highest BCUT2D eigenvalue weighted by Crippen LogP contribution is 2.24. The number of para-hydroxylation sites is 1. The molecule has 3 rings (SSSR count). The van der Waals surface area contributed by atoms with Crippen LogP contribution in [0.5, 0.6) is 0 Å². The molecule has 0 saturated heterocycles. The number of rotatable bonds is 6. The smallest absolute Gasteiger partial charge is 0.324 e. The number of hydrogen-bond acceptors (Lipinski definition) is 4. The van der Waals surface area contributed by atoms with E-state index >= 15 is 0 Å². The van der Waals surface area contributed by atoms with Crippen LogP contribution in [0.25, 0.3) is 10.9 Å². The third kappa shape index (κ3) is 4.68. The molecule has 0 amide bonds. The van der Waals surface area contributed by atoms with Crippen molar-refractivity contribution in [3.8, 4) is 0 Å². The van der Waals surface area contributed by atoms with Gasteiger partial charge in [-0.15, -0.1) is 0 Å². The van der Waals surface area contributed by atoms with Crippen LogP contribution in [-0.2, 0) is 31.4 Å². The SMILES string of the molecule is COC(=O)[C@@H](Cc1c[nH]c2ccccc12)NS(=O)(=O)c1ccc(C(C)(C)C)cc1. The monoisotopic (exact) mass is 414 g/mol. The van der Waals surface area contributed by atoms with E-state index in [0.717, 1.165) is 22.0 Å². The van der Waals surface area contributed by atoms with E-state index in [9.17, 15) is 13.2 Å². The first-order chi connectivity index (χ1) is 13.6. The van der Waals surface area contributed by atoms with Gasteiger partial charge in [0.1, 0.15) is 6.04 Å². The van der Waals surface area contributed by atoms with E-state index < -0.39 is 22.0 Å². The van der Waals surface area contributed by atoms with Gasteiger partial charge in [0.25, 0.3) is 0 Å². The molecular formula is C22H26N2O4S.